The summed E-state index contributed by atoms with van der Waals surface area (Å²) in [6.45, 7) is 0. The van der Waals surface area contributed by atoms with E-state index in [1.54, 1.807) is 0 Å². The third kappa shape index (κ3) is 3.48. The maximum atomic E-state index is 9.82. The van der Waals surface area contributed by atoms with Crippen LogP contribution in [-0.4, -0.2) is 28.2 Å². The molecule has 0 rings (SSSR count). The SMILES string of the molecule is NC([CH]C(=O)O)C(=O)O. The summed E-state index contributed by atoms with van der Waals surface area (Å²) in [5.41, 5.74) is 4.78. The summed E-state index contributed by atoms with van der Waals surface area (Å²) in [5.74, 6) is -2.68. The molecule has 5 heteroatoms. The molecule has 0 amide bonds. The molecular formula is C4H6NO4. The first kappa shape index (κ1) is 7.90. The van der Waals surface area contributed by atoms with Crippen molar-refractivity contribution in [1.29, 1.82) is 0 Å². The number of hydrogen-bond acceptors (Lipinski definition) is 3. The maximum absolute atomic E-state index is 9.82. The summed E-state index contributed by atoms with van der Waals surface area (Å²) in [6.07, 6.45) is 0.502. The lowest BCUT2D eigenvalue weighted by Gasteiger charge is -1.98. The van der Waals surface area contributed by atoms with E-state index in [-0.39, 0.29) is 0 Å². The standard InChI is InChI=1S/C4H6NO4/c5-2(4(8)9)1-3(6)7/h1-2H,5H2,(H,6,7)(H,8,9). The first-order valence-corrected chi connectivity index (χ1v) is 2.10. The van der Waals surface area contributed by atoms with Gasteiger partial charge in [0.05, 0.1) is 6.42 Å². The van der Waals surface area contributed by atoms with Gasteiger partial charge in [0.25, 0.3) is 0 Å². The van der Waals surface area contributed by atoms with Crippen LogP contribution in [0.2, 0.25) is 0 Å². The van der Waals surface area contributed by atoms with E-state index in [2.05, 4.69) is 0 Å². The number of carboxylic acid groups (broad SMARTS) is 2. The van der Waals surface area contributed by atoms with Crippen molar-refractivity contribution in [3.8, 4) is 0 Å². The van der Waals surface area contributed by atoms with Crippen LogP contribution in [0.3, 0.4) is 0 Å². The quantitative estimate of drug-likeness (QED) is 0.442. The van der Waals surface area contributed by atoms with Crippen molar-refractivity contribution in [3.63, 3.8) is 0 Å². The van der Waals surface area contributed by atoms with Crippen molar-refractivity contribution in [2.24, 2.45) is 5.73 Å². The Labute approximate surface area is 51.1 Å². The Morgan fingerprint density at radius 2 is 1.89 bits per heavy atom. The fraction of sp³-hybridized carbons (Fsp3) is 0.250. The highest BCUT2D eigenvalue weighted by Crippen LogP contribution is 1.84. The van der Waals surface area contributed by atoms with Crippen LogP contribution in [0.5, 0.6) is 0 Å². The maximum Gasteiger partial charge on any atom is 0.321 e. The molecule has 0 fully saturated rings. The van der Waals surface area contributed by atoms with Crippen LogP contribution in [0.1, 0.15) is 0 Å². The lowest BCUT2D eigenvalue weighted by molar-refractivity contribution is -0.141. The van der Waals surface area contributed by atoms with Crippen molar-refractivity contribution >= 4 is 11.9 Å². The lowest BCUT2D eigenvalue weighted by Crippen LogP contribution is -2.33. The van der Waals surface area contributed by atoms with E-state index in [1.165, 1.54) is 0 Å². The molecule has 0 aromatic rings. The molecule has 0 aliphatic carbocycles. The molecule has 0 saturated heterocycles. The second-order valence-corrected chi connectivity index (χ2v) is 1.37. The van der Waals surface area contributed by atoms with Crippen LogP contribution in [0.15, 0.2) is 0 Å². The Balaban J connectivity index is 3.63. The zero-order chi connectivity index (χ0) is 7.44. The van der Waals surface area contributed by atoms with E-state index in [1.807, 2.05) is 0 Å². The van der Waals surface area contributed by atoms with E-state index >= 15 is 0 Å². The highest BCUT2D eigenvalue weighted by molar-refractivity contribution is 5.87. The third-order valence-electron chi connectivity index (χ3n) is 0.607. The zero-order valence-corrected chi connectivity index (χ0v) is 4.44. The fourth-order valence-corrected chi connectivity index (χ4v) is 0.225. The van der Waals surface area contributed by atoms with E-state index < -0.39 is 18.0 Å². The number of carboxylic acids is 2. The first-order chi connectivity index (χ1) is 4.04. The lowest BCUT2D eigenvalue weighted by atomic mass is 10.2. The van der Waals surface area contributed by atoms with Gasteiger partial charge in [0.2, 0.25) is 0 Å². The molecule has 1 atom stereocenters. The van der Waals surface area contributed by atoms with Gasteiger partial charge >= 0.3 is 11.9 Å². The Morgan fingerprint density at radius 3 is 2.00 bits per heavy atom. The van der Waals surface area contributed by atoms with E-state index in [0.717, 1.165) is 0 Å². The molecule has 0 spiro atoms. The average Bonchev–Trinajstić information content (AvgIpc) is 1.63. The summed E-state index contributed by atoms with van der Waals surface area (Å²) in [6, 6.07) is -1.41. The summed E-state index contributed by atoms with van der Waals surface area (Å²) in [7, 11) is 0. The Bertz CT molecular complexity index is 133. The van der Waals surface area contributed by atoms with Gasteiger partial charge in [-0.05, 0) is 0 Å². The molecule has 5 nitrogen and oxygen atoms in total. The van der Waals surface area contributed by atoms with Gasteiger partial charge in [-0.2, -0.15) is 0 Å². The van der Waals surface area contributed by atoms with Crippen molar-refractivity contribution in [2.75, 3.05) is 0 Å². The molecule has 1 radical (unpaired) electrons. The highest BCUT2D eigenvalue weighted by atomic mass is 16.4. The molecule has 0 aromatic carbocycles. The number of aliphatic carboxylic acids is 2. The molecular weight excluding hydrogens is 126 g/mol. The van der Waals surface area contributed by atoms with Crippen LogP contribution in [0.25, 0.3) is 0 Å². The molecule has 4 N–H and O–H groups in total. The van der Waals surface area contributed by atoms with Crippen molar-refractivity contribution < 1.29 is 19.8 Å². The summed E-state index contributed by atoms with van der Waals surface area (Å²) < 4.78 is 0. The number of hydrogen-bond donors (Lipinski definition) is 3. The molecule has 0 heterocycles. The van der Waals surface area contributed by atoms with Gasteiger partial charge in [0, 0.05) is 0 Å². The Kier molecular flexibility index (Phi) is 2.66. The van der Waals surface area contributed by atoms with Gasteiger partial charge in [0.15, 0.2) is 0 Å². The normalized spacial score (nSPS) is 12.6. The topological polar surface area (TPSA) is 101 Å². The van der Waals surface area contributed by atoms with Gasteiger partial charge in [0.1, 0.15) is 6.04 Å². The molecule has 0 aliphatic rings. The number of nitrogens with two attached hydrogens (primary N) is 1. The van der Waals surface area contributed by atoms with E-state index in [9.17, 15) is 9.59 Å². The molecule has 1 unspecified atom stereocenters. The first-order valence-electron chi connectivity index (χ1n) is 2.10. The smallest absolute Gasteiger partial charge is 0.321 e. The summed E-state index contributed by atoms with van der Waals surface area (Å²) in [5, 5.41) is 15.9. The zero-order valence-electron chi connectivity index (χ0n) is 4.44. The highest BCUT2D eigenvalue weighted by Gasteiger charge is 2.15. The Morgan fingerprint density at radius 1 is 1.44 bits per heavy atom. The number of rotatable bonds is 3. The third-order valence-corrected chi connectivity index (χ3v) is 0.607. The van der Waals surface area contributed by atoms with Crippen LogP contribution in [0.4, 0.5) is 0 Å². The van der Waals surface area contributed by atoms with Crippen LogP contribution >= 0.6 is 0 Å². The van der Waals surface area contributed by atoms with Crippen LogP contribution < -0.4 is 5.73 Å². The monoisotopic (exact) mass is 132 g/mol. The van der Waals surface area contributed by atoms with Gasteiger partial charge in [-0.25, -0.2) is 0 Å². The molecule has 9 heavy (non-hydrogen) atoms. The van der Waals surface area contributed by atoms with Crippen molar-refractivity contribution in [2.45, 2.75) is 6.04 Å². The molecule has 0 saturated carbocycles. The van der Waals surface area contributed by atoms with Crippen LogP contribution in [-0.2, 0) is 9.59 Å². The van der Waals surface area contributed by atoms with Gasteiger partial charge in [-0.15, -0.1) is 0 Å². The second-order valence-electron chi connectivity index (χ2n) is 1.37. The molecule has 0 bridgehead atoms. The second kappa shape index (κ2) is 3.03. The fourth-order valence-electron chi connectivity index (χ4n) is 0.225. The van der Waals surface area contributed by atoms with Gasteiger partial charge in [-0.3, -0.25) is 9.59 Å². The van der Waals surface area contributed by atoms with Crippen LogP contribution in [0, 0.1) is 6.42 Å². The van der Waals surface area contributed by atoms with E-state index in [4.69, 9.17) is 15.9 Å². The summed E-state index contributed by atoms with van der Waals surface area (Å²) >= 11 is 0. The number of carbonyl (C=O) groups is 2. The minimum Gasteiger partial charge on any atom is -0.481 e. The average molecular weight is 132 g/mol. The van der Waals surface area contributed by atoms with Crippen molar-refractivity contribution in [3.05, 3.63) is 6.42 Å². The van der Waals surface area contributed by atoms with Gasteiger partial charge < -0.3 is 15.9 Å². The minimum absolute atomic E-state index is 0.502. The largest absolute Gasteiger partial charge is 0.481 e. The van der Waals surface area contributed by atoms with Gasteiger partial charge in [-0.1, -0.05) is 0 Å². The summed E-state index contributed by atoms with van der Waals surface area (Å²) in [4.78, 5) is 19.5. The predicted octanol–water partition coefficient (Wildman–Crippen LogP) is -1.31. The Hall–Kier alpha value is -1.10. The molecule has 0 aromatic heterocycles. The van der Waals surface area contributed by atoms with E-state index in [0.29, 0.717) is 6.42 Å². The predicted molar refractivity (Wildman–Crippen MR) is 27.5 cm³/mol. The molecule has 0 aliphatic heterocycles. The van der Waals surface area contributed by atoms with Crippen molar-refractivity contribution in [1.82, 2.24) is 0 Å². The molecule has 51 valence electrons. The minimum atomic E-state index is -1.41.